The Kier molecular flexibility index (Phi) is 4.41. The van der Waals surface area contributed by atoms with Gasteiger partial charge in [-0.2, -0.15) is 5.10 Å². The van der Waals surface area contributed by atoms with Gasteiger partial charge in [0, 0.05) is 24.8 Å². The van der Waals surface area contributed by atoms with E-state index in [9.17, 15) is 14.7 Å². The maximum Gasteiger partial charge on any atom is 0.275 e. The number of rotatable bonds is 4. The summed E-state index contributed by atoms with van der Waals surface area (Å²) in [5.74, 6) is -1.09. The van der Waals surface area contributed by atoms with E-state index in [1.165, 1.54) is 17.9 Å². The highest BCUT2D eigenvalue weighted by Gasteiger charge is 2.37. The second kappa shape index (κ2) is 6.78. The van der Waals surface area contributed by atoms with Gasteiger partial charge in [0.1, 0.15) is 5.65 Å². The molecule has 2 N–H and O–H groups in total. The number of carbonyl (C=O) groups is 1. The standard InChI is InChI=1S/C20H23N5O3/c1-13-5-9-22-18-14(13)6-10-25(18)20(7-3-4-8-20)12-24-11-15(26)17(27)16(23-24)19(28)21-2/h5-6,9-11,26H,3-4,7-8,12H2,1-2H3,(H,21,28). The Bertz CT molecular complexity index is 1110. The number of hydrogen-bond acceptors (Lipinski definition) is 5. The lowest BCUT2D eigenvalue weighted by Crippen LogP contribution is -2.37. The molecule has 3 aromatic heterocycles. The second-order valence-corrected chi connectivity index (χ2v) is 7.45. The lowest BCUT2D eigenvalue weighted by Gasteiger charge is -2.32. The zero-order valence-corrected chi connectivity index (χ0v) is 16.0. The van der Waals surface area contributed by atoms with Crippen LogP contribution < -0.4 is 10.7 Å². The summed E-state index contributed by atoms with van der Waals surface area (Å²) in [4.78, 5) is 28.7. The molecule has 0 spiro atoms. The van der Waals surface area contributed by atoms with Crippen molar-refractivity contribution in [3.8, 4) is 5.75 Å². The van der Waals surface area contributed by atoms with Gasteiger partial charge >= 0.3 is 0 Å². The average molecular weight is 381 g/mol. The van der Waals surface area contributed by atoms with E-state index < -0.39 is 17.1 Å². The van der Waals surface area contributed by atoms with Crippen LogP contribution in [0.3, 0.4) is 0 Å². The van der Waals surface area contributed by atoms with Crippen LogP contribution in [0, 0.1) is 6.92 Å². The molecule has 28 heavy (non-hydrogen) atoms. The van der Waals surface area contributed by atoms with Gasteiger partial charge in [0.25, 0.3) is 11.3 Å². The molecule has 0 aliphatic heterocycles. The summed E-state index contributed by atoms with van der Waals surface area (Å²) in [6, 6.07) is 4.06. The number of aryl methyl sites for hydroxylation is 1. The van der Waals surface area contributed by atoms with Crippen molar-refractivity contribution >= 4 is 16.9 Å². The van der Waals surface area contributed by atoms with E-state index in [4.69, 9.17) is 0 Å². The summed E-state index contributed by atoms with van der Waals surface area (Å²) in [7, 11) is 1.43. The molecule has 0 unspecified atom stereocenters. The van der Waals surface area contributed by atoms with Crippen molar-refractivity contribution < 1.29 is 9.90 Å². The molecule has 3 heterocycles. The molecule has 0 radical (unpaired) electrons. The predicted molar refractivity (Wildman–Crippen MR) is 104 cm³/mol. The van der Waals surface area contributed by atoms with Crippen LogP contribution in [0.4, 0.5) is 0 Å². The summed E-state index contributed by atoms with van der Waals surface area (Å²) in [5, 5.41) is 17.8. The zero-order chi connectivity index (χ0) is 19.9. The van der Waals surface area contributed by atoms with Crippen LogP contribution in [0.5, 0.6) is 5.75 Å². The lowest BCUT2D eigenvalue weighted by atomic mass is 9.97. The van der Waals surface area contributed by atoms with Gasteiger partial charge in [-0.3, -0.25) is 14.3 Å². The fourth-order valence-electron chi connectivity index (χ4n) is 4.24. The number of carbonyl (C=O) groups excluding carboxylic acids is 1. The zero-order valence-electron chi connectivity index (χ0n) is 16.0. The summed E-state index contributed by atoms with van der Waals surface area (Å²) in [6.07, 6.45) is 9.16. The molecule has 1 aliphatic rings. The highest BCUT2D eigenvalue weighted by atomic mass is 16.3. The number of fused-ring (bicyclic) bond motifs is 1. The summed E-state index contributed by atoms with van der Waals surface area (Å²) in [5.41, 5.74) is 0.732. The molecular weight excluding hydrogens is 358 g/mol. The Morgan fingerprint density at radius 3 is 2.79 bits per heavy atom. The van der Waals surface area contributed by atoms with E-state index in [2.05, 4.69) is 39.2 Å². The van der Waals surface area contributed by atoms with E-state index in [1.807, 2.05) is 12.3 Å². The monoisotopic (exact) mass is 381 g/mol. The number of amides is 1. The highest BCUT2D eigenvalue weighted by Crippen LogP contribution is 2.40. The molecule has 1 aliphatic carbocycles. The number of nitrogens with zero attached hydrogens (tertiary/aromatic N) is 4. The van der Waals surface area contributed by atoms with Gasteiger partial charge in [0.15, 0.2) is 11.4 Å². The lowest BCUT2D eigenvalue weighted by molar-refractivity contribution is 0.0952. The van der Waals surface area contributed by atoms with Crippen molar-refractivity contribution in [2.45, 2.75) is 44.7 Å². The molecule has 3 aromatic rings. The van der Waals surface area contributed by atoms with Crippen LogP contribution in [0.1, 0.15) is 41.7 Å². The fourth-order valence-corrected chi connectivity index (χ4v) is 4.24. The van der Waals surface area contributed by atoms with Crippen LogP contribution in [0.15, 0.2) is 35.5 Å². The molecular formula is C20H23N5O3. The van der Waals surface area contributed by atoms with Gasteiger partial charge in [0.05, 0.1) is 18.3 Å². The Morgan fingerprint density at radius 1 is 1.32 bits per heavy atom. The molecule has 0 atom stereocenters. The van der Waals surface area contributed by atoms with Crippen LogP contribution in [-0.2, 0) is 12.1 Å². The van der Waals surface area contributed by atoms with Crippen molar-refractivity contribution in [3.05, 3.63) is 52.2 Å². The third-order valence-electron chi connectivity index (χ3n) is 5.70. The molecule has 0 saturated heterocycles. The molecule has 1 saturated carbocycles. The van der Waals surface area contributed by atoms with Gasteiger partial charge in [-0.15, -0.1) is 0 Å². The summed E-state index contributed by atoms with van der Waals surface area (Å²) < 4.78 is 3.70. The SMILES string of the molecule is CNC(=O)c1nn(CC2(n3ccc4c(C)ccnc43)CCCC2)cc(O)c1=O. The van der Waals surface area contributed by atoms with Crippen molar-refractivity contribution in [2.24, 2.45) is 0 Å². The van der Waals surface area contributed by atoms with E-state index in [-0.39, 0.29) is 11.2 Å². The molecule has 1 amide bonds. The predicted octanol–water partition coefficient (Wildman–Crippen LogP) is 1.94. The minimum absolute atomic E-state index is 0.281. The largest absolute Gasteiger partial charge is 0.503 e. The first-order valence-electron chi connectivity index (χ1n) is 9.41. The number of pyridine rings is 1. The molecule has 0 bridgehead atoms. The maximum absolute atomic E-state index is 12.1. The molecule has 4 rings (SSSR count). The van der Waals surface area contributed by atoms with Gasteiger partial charge in [-0.25, -0.2) is 4.98 Å². The number of hydrogen-bond donors (Lipinski definition) is 2. The smallest absolute Gasteiger partial charge is 0.275 e. The van der Waals surface area contributed by atoms with Crippen LogP contribution in [0.2, 0.25) is 0 Å². The average Bonchev–Trinajstić information content (AvgIpc) is 3.32. The van der Waals surface area contributed by atoms with Gasteiger partial charge in [-0.1, -0.05) is 12.8 Å². The minimum atomic E-state index is -0.764. The molecule has 8 nitrogen and oxygen atoms in total. The molecule has 8 heteroatoms. The number of nitrogens with one attached hydrogen (secondary N) is 1. The Labute approximate surface area is 161 Å². The van der Waals surface area contributed by atoms with E-state index in [0.717, 1.165) is 42.3 Å². The normalized spacial score (nSPS) is 15.8. The fraction of sp³-hybridized carbons (Fsp3) is 0.400. The summed E-state index contributed by atoms with van der Waals surface area (Å²) in [6.45, 7) is 2.50. The van der Waals surface area contributed by atoms with E-state index in [1.54, 1.807) is 0 Å². The molecule has 0 aromatic carbocycles. The Hall–Kier alpha value is -3.16. The number of aromatic nitrogens is 4. The van der Waals surface area contributed by atoms with Gasteiger partial charge < -0.3 is 15.0 Å². The molecule has 1 fully saturated rings. The van der Waals surface area contributed by atoms with E-state index in [0.29, 0.717) is 6.54 Å². The van der Waals surface area contributed by atoms with Crippen LogP contribution >= 0.6 is 0 Å². The van der Waals surface area contributed by atoms with Crippen molar-refractivity contribution in [2.75, 3.05) is 7.05 Å². The quantitative estimate of drug-likeness (QED) is 0.719. The maximum atomic E-state index is 12.1. The first-order chi connectivity index (χ1) is 13.4. The van der Waals surface area contributed by atoms with Gasteiger partial charge in [-0.05, 0) is 37.5 Å². The summed E-state index contributed by atoms with van der Waals surface area (Å²) >= 11 is 0. The van der Waals surface area contributed by atoms with Gasteiger partial charge in [0.2, 0.25) is 0 Å². The van der Waals surface area contributed by atoms with Crippen LogP contribution in [-0.4, -0.2) is 37.4 Å². The topological polar surface area (TPSA) is 102 Å². The first kappa shape index (κ1) is 18.2. The number of aromatic hydroxyl groups is 1. The van der Waals surface area contributed by atoms with Crippen LogP contribution in [0.25, 0.3) is 11.0 Å². The first-order valence-corrected chi connectivity index (χ1v) is 9.41. The van der Waals surface area contributed by atoms with Crippen molar-refractivity contribution in [3.63, 3.8) is 0 Å². The van der Waals surface area contributed by atoms with E-state index >= 15 is 0 Å². The van der Waals surface area contributed by atoms with Crippen molar-refractivity contribution in [1.29, 1.82) is 0 Å². The Morgan fingerprint density at radius 2 is 2.07 bits per heavy atom. The Balaban J connectivity index is 1.82. The third-order valence-corrected chi connectivity index (χ3v) is 5.70. The van der Waals surface area contributed by atoms with Crippen molar-refractivity contribution in [1.82, 2.24) is 24.6 Å². The second-order valence-electron chi connectivity index (χ2n) is 7.45. The molecule has 146 valence electrons. The third kappa shape index (κ3) is 2.85. The highest BCUT2D eigenvalue weighted by molar-refractivity contribution is 5.92. The minimum Gasteiger partial charge on any atom is -0.503 e.